The van der Waals surface area contributed by atoms with Gasteiger partial charge >= 0.3 is 6.03 Å². The summed E-state index contributed by atoms with van der Waals surface area (Å²) in [5.41, 5.74) is 3.07. The number of carbonyl (C=O) groups excluding carboxylic acids is 2. The van der Waals surface area contributed by atoms with E-state index in [-0.39, 0.29) is 17.9 Å². The van der Waals surface area contributed by atoms with E-state index < -0.39 is 0 Å². The van der Waals surface area contributed by atoms with Crippen LogP contribution < -0.4 is 20.3 Å². The SMILES string of the molecule is COc1ccc(CNC(=O)NC[C@@H]2CC(=O)N(c3ccc(C)cc3)C2)cc1. The number of carbonyl (C=O) groups is 2. The Labute approximate surface area is 159 Å². The zero-order chi connectivity index (χ0) is 19.2. The zero-order valence-electron chi connectivity index (χ0n) is 15.7. The first-order valence-electron chi connectivity index (χ1n) is 9.07. The van der Waals surface area contributed by atoms with E-state index in [4.69, 9.17) is 4.74 Å². The number of benzene rings is 2. The Balaban J connectivity index is 1.43. The Bertz CT molecular complexity index is 787. The molecule has 0 aromatic heterocycles. The molecule has 0 radical (unpaired) electrons. The molecule has 2 aromatic carbocycles. The maximum absolute atomic E-state index is 12.3. The van der Waals surface area contributed by atoms with Crippen molar-refractivity contribution >= 4 is 17.6 Å². The maximum Gasteiger partial charge on any atom is 0.315 e. The third kappa shape index (κ3) is 5.00. The highest BCUT2D eigenvalue weighted by Gasteiger charge is 2.30. The summed E-state index contributed by atoms with van der Waals surface area (Å²) in [5.74, 6) is 1.00. The van der Waals surface area contributed by atoms with Crippen LogP contribution in [0.4, 0.5) is 10.5 Å². The van der Waals surface area contributed by atoms with Crippen LogP contribution in [0.2, 0.25) is 0 Å². The number of nitrogens with one attached hydrogen (secondary N) is 2. The zero-order valence-corrected chi connectivity index (χ0v) is 15.7. The molecule has 0 bridgehead atoms. The molecule has 2 N–H and O–H groups in total. The summed E-state index contributed by atoms with van der Waals surface area (Å²) in [7, 11) is 1.62. The summed E-state index contributed by atoms with van der Waals surface area (Å²) in [4.78, 5) is 26.1. The number of hydrogen-bond acceptors (Lipinski definition) is 3. The average Bonchev–Trinajstić information content (AvgIpc) is 3.06. The number of rotatable bonds is 6. The van der Waals surface area contributed by atoms with E-state index in [0.717, 1.165) is 22.6 Å². The number of aryl methyl sites for hydroxylation is 1. The molecular weight excluding hydrogens is 342 g/mol. The summed E-state index contributed by atoms with van der Waals surface area (Å²) < 4.78 is 5.11. The minimum absolute atomic E-state index is 0.101. The molecule has 3 rings (SSSR count). The molecule has 1 saturated heterocycles. The first-order valence-corrected chi connectivity index (χ1v) is 9.07. The summed E-state index contributed by atoms with van der Waals surface area (Å²) in [5, 5.41) is 5.70. The fourth-order valence-corrected chi connectivity index (χ4v) is 3.12. The summed E-state index contributed by atoms with van der Waals surface area (Å²) in [6, 6.07) is 15.2. The van der Waals surface area contributed by atoms with Gasteiger partial charge in [-0.3, -0.25) is 4.79 Å². The van der Waals surface area contributed by atoms with E-state index in [1.54, 1.807) is 12.0 Å². The fraction of sp³-hybridized carbons (Fsp3) is 0.333. The standard InChI is InChI=1S/C21H25N3O3/c1-15-3-7-18(8-4-15)24-14-17(11-20(24)25)13-23-21(26)22-12-16-5-9-19(27-2)10-6-16/h3-10,17H,11-14H2,1-2H3,(H2,22,23,26)/t17-/m0/s1. The monoisotopic (exact) mass is 367 g/mol. The molecule has 27 heavy (non-hydrogen) atoms. The minimum Gasteiger partial charge on any atom is -0.497 e. The molecule has 0 spiro atoms. The number of methoxy groups -OCH3 is 1. The van der Waals surface area contributed by atoms with Crippen molar-refractivity contribution in [3.05, 3.63) is 59.7 Å². The van der Waals surface area contributed by atoms with Crippen molar-refractivity contribution in [1.29, 1.82) is 0 Å². The molecule has 6 nitrogen and oxygen atoms in total. The lowest BCUT2D eigenvalue weighted by Gasteiger charge is -2.17. The van der Waals surface area contributed by atoms with Crippen LogP contribution in [-0.2, 0) is 11.3 Å². The Morgan fingerprint density at radius 3 is 2.48 bits per heavy atom. The van der Waals surface area contributed by atoms with Crippen LogP contribution in [0.1, 0.15) is 17.5 Å². The van der Waals surface area contributed by atoms with E-state index in [9.17, 15) is 9.59 Å². The number of anilines is 1. The van der Waals surface area contributed by atoms with Crippen LogP contribution in [0, 0.1) is 12.8 Å². The van der Waals surface area contributed by atoms with Crippen molar-refractivity contribution in [2.45, 2.75) is 19.9 Å². The van der Waals surface area contributed by atoms with Gasteiger partial charge in [-0.25, -0.2) is 4.79 Å². The van der Waals surface area contributed by atoms with Gasteiger partial charge in [0.1, 0.15) is 5.75 Å². The number of amides is 3. The van der Waals surface area contributed by atoms with Crippen molar-refractivity contribution in [2.24, 2.45) is 5.92 Å². The average molecular weight is 367 g/mol. The van der Waals surface area contributed by atoms with E-state index in [2.05, 4.69) is 10.6 Å². The van der Waals surface area contributed by atoms with Crippen molar-refractivity contribution in [1.82, 2.24) is 10.6 Å². The van der Waals surface area contributed by atoms with Crippen LogP contribution >= 0.6 is 0 Å². The van der Waals surface area contributed by atoms with Gasteiger partial charge in [0, 0.05) is 37.7 Å². The van der Waals surface area contributed by atoms with E-state index >= 15 is 0 Å². The topological polar surface area (TPSA) is 70.7 Å². The largest absolute Gasteiger partial charge is 0.497 e. The third-order valence-electron chi connectivity index (χ3n) is 4.71. The molecular formula is C21H25N3O3. The predicted molar refractivity (Wildman–Crippen MR) is 105 cm³/mol. The molecule has 1 aliphatic rings. The number of hydrogen-bond donors (Lipinski definition) is 2. The second-order valence-corrected chi connectivity index (χ2v) is 6.82. The highest BCUT2D eigenvalue weighted by atomic mass is 16.5. The Hall–Kier alpha value is -3.02. The molecule has 0 aliphatic carbocycles. The van der Waals surface area contributed by atoms with Gasteiger partial charge in [0.15, 0.2) is 0 Å². The highest BCUT2D eigenvalue weighted by molar-refractivity contribution is 5.95. The molecule has 1 fully saturated rings. The lowest BCUT2D eigenvalue weighted by Crippen LogP contribution is -2.38. The normalized spacial score (nSPS) is 16.3. The molecule has 0 saturated carbocycles. The predicted octanol–water partition coefficient (Wildman–Crippen LogP) is 2.86. The Morgan fingerprint density at radius 2 is 1.81 bits per heavy atom. The highest BCUT2D eigenvalue weighted by Crippen LogP contribution is 2.24. The quantitative estimate of drug-likeness (QED) is 0.825. The van der Waals surface area contributed by atoms with Crippen molar-refractivity contribution in [3.63, 3.8) is 0 Å². The Kier molecular flexibility index (Phi) is 5.96. The summed E-state index contributed by atoms with van der Waals surface area (Å²) >= 11 is 0. The number of urea groups is 1. The third-order valence-corrected chi connectivity index (χ3v) is 4.71. The molecule has 6 heteroatoms. The second kappa shape index (κ2) is 8.58. The van der Waals surface area contributed by atoms with E-state index in [1.165, 1.54) is 0 Å². The van der Waals surface area contributed by atoms with Gasteiger partial charge in [-0.2, -0.15) is 0 Å². The van der Waals surface area contributed by atoms with Crippen molar-refractivity contribution in [3.8, 4) is 5.75 Å². The van der Waals surface area contributed by atoms with Crippen molar-refractivity contribution in [2.75, 3.05) is 25.1 Å². The Morgan fingerprint density at radius 1 is 1.11 bits per heavy atom. The molecule has 142 valence electrons. The van der Waals surface area contributed by atoms with Crippen molar-refractivity contribution < 1.29 is 14.3 Å². The van der Waals surface area contributed by atoms with Crippen LogP contribution in [0.15, 0.2) is 48.5 Å². The summed E-state index contributed by atoms with van der Waals surface area (Å²) in [6.45, 7) is 3.56. The lowest BCUT2D eigenvalue weighted by molar-refractivity contribution is -0.117. The molecule has 1 aliphatic heterocycles. The fourth-order valence-electron chi connectivity index (χ4n) is 3.12. The number of ether oxygens (including phenoxy) is 1. The van der Waals surface area contributed by atoms with Crippen LogP contribution in [0.25, 0.3) is 0 Å². The van der Waals surface area contributed by atoms with E-state index in [0.29, 0.717) is 26.1 Å². The first kappa shape index (κ1) is 18.8. The number of nitrogens with zero attached hydrogens (tertiary/aromatic N) is 1. The van der Waals surface area contributed by atoms with E-state index in [1.807, 2.05) is 55.5 Å². The molecule has 1 atom stereocenters. The molecule has 0 unspecified atom stereocenters. The van der Waals surface area contributed by atoms with Gasteiger partial charge in [0.2, 0.25) is 5.91 Å². The van der Waals surface area contributed by atoms with Gasteiger partial charge in [0.25, 0.3) is 0 Å². The lowest BCUT2D eigenvalue weighted by atomic mass is 10.1. The maximum atomic E-state index is 12.3. The molecule has 3 amide bonds. The van der Waals surface area contributed by atoms with Gasteiger partial charge in [-0.1, -0.05) is 29.8 Å². The first-order chi connectivity index (χ1) is 13.0. The minimum atomic E-state index is -0.230. The molecule has 2 aromatic rings. The van der Waals surface area contributed by atoms with Crippen LogP contribution in [0.5, 0.6) is 5.75 Å². The smallest absolute Gasteiger partial charge is 0.315 e. The second-order valence-electron chi connectivity index (χ2n) is 6.82. The van der Waals surface area contributed by atoms with Gasteiger partial charge in [0.05, 0.1) is 7.11 Å². The molecule has 1 heterocycles. The van der Waals surface area contributed by atoms with Gasteiger partial charge in [-0.15, -0.1) is 0 Å². The summed E-state index contributed by atoms with van der Waals surface area (Å²) in [6.07, 6.45) is 0.451. The van der Waals surface area contributed by atoms with Gasteiger partial charge in [-0.05, 0) is 36.8 Å². The van der Waals surface area contributed by atoms with Crippen LogP contribution in [-0.4, -0.2) is 32.1 Å². The van der Waals surface area contributed by atoms with Gasteiger partial charge < -0.3 is 20.3 Å². The van der Waals surface area contributed by atoms with Crippen LogP contribution in [0.3, 0.4) is 0 Å².